The van der Waals surface area contributed by atoms with Crippen molar-refractivity contribution in [2.45, 2.75) is 51.7 Å². The molecule has 0 bridgehead atoms. The number of allylic oxidation sites excluding steroid dienone is 1. The van der Waals surface area contributed by atoms with E-state index >= 15 is 0 Å². The first-order valence-electron chi connectivity index (χ1n) is 7.88. The van der Waals surface area contributed by atoms with Crippen molar-refractivity contribution in [3.8, 4) is 0 Å². The summed E-state index contributed by atoms with van der Waals surface area (Å²) in [6.07, 6.45) is 5.17. The largest absolute Gasteiger partial charge is 0.465 e. The lowest BCUT2D eigenvalue weighted by molar-refractivity contribution is 0.0500. The van der Waals surface area contributed by atoms with Crippen LogP contribution in [0.2, 0.25) is 0 Å². The van der Waals surface area contributed by atoms with Gasteiger partial charge in [0.15, 0.2) is 0 Å². The van der Waals surface area contributed by atoms with Crippen molar-refractivity contribution >= 4 is 17.6 Å². The number of nitrogens with one attached hydrogen (secondary N) is 1. The first-order chi connectivity index (χ1) is 11.3. The van der Waals surface area contributed by atoms with E-state index in [0.29, 0.717) is 17.7 Å². The Kier molecular flexibility index (Phi) is 5.54. The third kappa shape index (κ3) is 5.04. The molecule has 0 spiro atoms. The fourth-order valence-corrected chi connectivity index (χ4v) is 2.43. The van der Waals surface area contributed by atoms with Crippen LogP contribution < -0.4 is 5.32 Å². The first kappa shape index (κ1) is 17.9. The molecule has 0 saturated carbocycles. The zero-order valence-corrected chi connectivity index (χ0v) is 14.5. The molecule has 1 aromatic heterocycles. The number of nitrogens with zero attached hydrogens (tertiary/aromatic N) is 2. The molecule has 0 fully saturated rings. The van der Waals surface area contributed by atoms with Crippen LogP contribution in [0, 0.1) is 0 Å². The highest BCUT2D eigenvalue weighted by Crippen LogP contribution is 2.26. The molecule has 1 aromatic rings. The summed E-state index contributed by atoms with van der Waals surface area (Å²) < 4.78 is 9.95. The molecule has 1 unspecified atom stereocenters. The van der Waals surface area contributed by atoms with Crippen molar-refractivity contribution in [1.29, 1.82) is 0 Å². The van der Waals surface area contributed by atoms with Gasteiger partial charge in [0.1, 0.15) is 5.60 Å². The van der Waals surface area contributed by atoms with Gasteiger partial charge in [0.25, 0.3) is 0 Å². The summed E-state index contributed by atoms with van der Waals surface area (Å²) in [5.41, 5.74) is 1.53. The second-order valence-corrected chi connectivity index (χ2v) is 6.67. The molecule has 1 aliphatic carbocycles. The van der Waals surface area contributed by atoms with E-state index in [-0.39, 0.29) is 6.04 Å². The number of carbonyl (C=O) groups excluding carboxylic acids is 2. The van der Waals surface area contributed by atoms with Gasteiger partial charge in [0.05, 0.1) is 24.6 Å². The molecule has 7 heteroatoms. The van der Waals surface area contributed by atoms with E-state index in [1.165, 1.54) is 13.3 Å². The Balaban J connectivity index is 1.98. The van der Waals surface area contributed by atoms with E-state index < -0.39 is 17.7 Å². The van der Waals surface area contributed by atoms with Crippen molar-refractivity contribution in [2.24, 2.45) is 0 Å². The number of esters is 1. The second-order valence-electron chi connectivity index (χ2n) is 6.67. The average molecular weight is 333 g/mol. The normalized spacial score (nSPS) is 17.7. The van der Waals surface area contributed by atoms with Crippen LogP contribution >= 0.6 is 0 Å². The van der Waals surface area contributed by atoms with Crippen molar-refractivity contribution in [2.75, 3.05) is 7.11 Å². The predicted molar refractivity (Wildman–Crippen MR) is 88.4 cm³/mol. The Morgan fingerprint density at radius 3 is 2.67 bits per heavy atom. The number of methoxy groups -OCH3 is 1. The third-order valence-corrected chi connectivity index (χ3v) is 3.54. The number of aromatic nitrogens is 2. The minimum atomic E-state index is -0.510. The van der Waals surface area contributed by atoms with Gasteiger partial charge in [-0.25, -0.2) is 9.59 Å². The molecule has 1 heterocycles. The highest BCUT2D eigenvalue weighted by molar-refractivity contribution is 5.89. The molecule has 2 rings (SSSR count). The quantitative estimate of drug-likeness (QED) is 0.855. The van der Waals surface area contributed by atoms with Gasteiger partial charge in [-0.05, 0) is 51.7 Å². The summed E-state index contributed by atoms with van der Waals surface area (Å²) in [6, 6.07) is 1.70. The maximum atomic E-state index is 11.8. The maximum Gasteiger partial charge on any atom is 0.407 e. The molecular formula is C17H23N3O4. The molecule has 1 N–H and O–H groups in total. The van der Waals surface area contributed by atoms with E-state index in [2.05, 4.69) is 15.5 Å². The molecule has 1 aliphatic rings. The average Bonchev–Trinajstić information content (AvgIpc) is 2.53. The lowest BCUT2D eigenvalue weighted by Gasteiger charge is -2.25. The number of alkyl carbamates (subject to hydrolysis) is 1. The third-order valence-electron chi connectivity index (χ3n) is 3.54. The molecule has 24 heavy (non-hydrogen) atoms. The molecule has 0 aromatic carbocycles. The van der Waals surface area contributed by atoms with Crippen LogP contribution in [0.25, 0.3) is 5.57 Å². The van der Waals surface area contributed by atoms with E-state index in [0.717, 1.165) is 18.4 Å². The van der Waals surface area contributed by atoms with Crippen molar-refractivity contribution in [3.05, 3.63) is 29.6 Å². The summed E-state index contributed by atoms with van der Waals surface area (Å²) in [5.74, 6) is -0.438. The van der Waals surface area contributed by atoms with Gasteiger partial charge < -0.3 is 14.8 Å². The molecule has 7 nitrogen and oxygen atoms in total. The van der Waals surface area contributed by atoms with Crippen molar-refractivity contribution < 1.29 is 19.1 Å². The van der Waals surface area contributed by atoms with Crippen LogP contribution in [0.3, 0.4) is 0 Å². The number of hydrogen-bond acceptors (Lipinski definition) is 6. The van der Waals surface area contributed by atoms with Crippen LogP contribution in [0.15, 0.2) is 18.3 Å². The smallest absolute Gasteiger partial charge is 0.407 e. The molecular weight excluding hydrogens is 310 g/mol. The number of carbonyl (C=O) groups is 2. The lowest BCUT2D eigenvalue weighted by atomic mass is 9.93. The minimum absolute atomic E-state index is 0.0281. The van der Waals surface area contributed by atoms with Crippen molar-refractivity contribution in [1.82, 2.24) is 15.5 Å². The Morgan fingerprint density at radius 2 is 2.08 bits per heavy atom. The van der Waals surface area contributed by atoms with Crippen LogP contribution in [-0.2, 0) is 9.47 Å². The van der Waals surface area contributed by atoms with Gasteiger partial charge in [-0.15, -0.1) is 0 Å². The molecule has 0 aliphatic heterocycles. The Hall–Kier alpha value is -2.44. The summed E-state index contributed by atoms with van der Waals surface area (Å²) in [5, 5.41) is 10.8. The van der Waals surface area contributed by atoms with Crippen molar-refractivity contribution in [3.63, 3.8) is 0 Å². The minimum Gasteiger partial charge on any atom is -0.465 e. The summed E-state index contributed by atoms with van der Waals surface area (Å²) >= 11 is 0. The number of amides is 1. The van der Waals surface area contributed by atoms with Crippen LogP contribution in [0.5, 0.6) is 0 Å². The van der Waals surface area contributed by atoms with E-state index in [1.54, 1.807) is 6.07 Å². The van der Waals surface area contributed by atoms with Gasteiger partial charge in [-0.3, -0.25) is 0 Å². The molecule has 1 amide bonds. The number of hydrogen-bond donors (Lipinski definition) is 1. The Bertz CT molecular complexity index is 649. The first-order valence-corrected chi connectivity index (χ1v) is 7.88. The van der Waals surface area contributed by atoms with E-state index in [1.807, 2.05) is 26.8 Å². The predicted octanol–water partition coefficient (Wildman–Crippen LogP) is 2.72. The number of ether oxygens (including phenoxy) is 2. The molecule has 0 radical (unpaired) electrons. The Labute approximate surface area is 141 Å². The number of rotatable bonds is 3. The van der Waals surface area contributed by atoms with Gasteiger partial charge >= 0.3 is 12.1 Å². The van der Waals surface area contributed by atoms with Gasteiger partial charge in [-0.2, -0.15) is 10.2 Å². The van der Waals surface area contributed by atoms with Crippen LogP contribution in [0.1, 0.15) is 56.1 Å². The van der Waals surface area contributed by atoms with Crippen LogP contribution in [-0.4, -0.2) is 41.0 Å². The molecule has 130 valence electrons. The summed E-state index contributed by atoms with van der Waals surface area (Å²) in [4.78, 5) is 23.4. The highest BCUT2D eigenvalue weighted by Gasteiger charge is 2.22. The Morgan fingerprint density at radius 1 is 1.33 bits per heavy atom. The van der Waals surface area contributed by atoms with E-state index in [9.17, 15) is 9.59 Å². The zero-order chi connectivity index (χ0) is 17.7. The maximum absolute atomic E-state index is 11.8. The summed E-state index contributed by atoms with van der Waals surface area (Å²) in [6.45, 7) is 5.50. The fraction of sp³-hybridized carbons (Fsp3) is 0.529. The summed E-state index contributed by atoms with van der Waals surface area (Å²) in [7, 11) is 1.33. The zero-order valence-electron chi connectivity index (χ0n) is 14.5. The monoisotopic (exact) mass is 333 g/mol. The fourth-order valence-electron chi connectivity index (χ4n) is 2.43. The topological polar surface area (TPSA) is 90.4 Å². The lowest BCUT2D eigenvalue weighted by Crippen LogP contribution is -2.39. The standard InChI is InChI=1S/C17H23N3O4/c1-17(2,3)24-16(22)19-13-7-5-11(6-8-13)14-9-12(10-18-20-14)15(21)23-4/h5,9-10,13H,6-8H2,1-4H3,(H,19,22). The molecule has 1 atom stereocenters. The van der Waals surface area contributed by atoms with Gasteiger partial charge in [-0.1, -0.05) is 6.08 Å². The van der Waals surface area contributed by atoms with E-state index in [4.69, 9.17) is 9.47 Å². The van der Waals surface area contributed by atoms with Gasteiger partial charge in [0.2, 0.25) is 0 Å². The SMILES string of the molecule is COC(=O)c1cnnc(C2=CCC(NC(=O)OC(C)(C)C)CC2)c1. The second kappa shape index (κ2) is 7.42. The van der Waals surface area contributed by atoms with Gasteiger partial charge in [0, 0.05) is 6.04 Å². The molecule has 0 saturated heterocycles. The highest BCUT2D eigenvalue weighted by atomic mass is 16.6. The van der Waals surface area contributed by atoms with Crippen LogP contribution in [0.4, 0.5) is 4.79 Å².